The van der Waals surface area contributed by atoms with Crippen molar-refractivity contribution in [3.8, 4) is 0 Å². The summed E-state index contributed by atoms with van der Waals surface area (Å²) in [5, 5.41) is 2.12. The van der Waals surface area contributed by atoms with Gasteiger partial charge in [-0.3, -0.25) is 4.79 Å². The average Bonchev–Trinajstić information content (AvgIpc) is 3.44. The molecule has 202 valence electrons. The summed E-state index contributed by atoms with van der Waals surface area (Å²) < 4.78 is 25.1. The highest BCUT2D eigenvalue weighted by Gasteiger charge is 2.55. The van der Waals surface area contributed by atoms with E-state index in [4.69, 9.17) is 30.9 Å². The second kappa shape index (κ2) is 11.2. The van der Waals surface area contributed by atoms with Gasteiger partial charge in [-0.05, 0) is 41.5 Å². The van der Waals surface area contributed by atoms with Gasteiger partial charge in [0.05, 0.1) is 12.0 Å². The molecule has 1 saturated heterocycles. The number of aromatic nitrogens is 2. The number of hydrogen-bond acceptors (Lipinski definition) is 7. The van der Waals surface area contributed by atoms with E-state index in [2.05, 4.69) is 55.0 Å². The first-order valence-electron chi connectivity index (χ1n) is 12.7. The minimum absolute atomic E-state index is 0.0964. The summed E-state index contributed by atoms with van der Waals surface area (Å²) in [5.41, 5.74) is -0.952. The lowest BCUT2D eigenvalue weighted by Crippen LogP contribution is -2.68. The van der Waals surface area contributed by atoms with Crippen LogP contribution in [0.3, 0.4) is 0 Å². The third kappa shape index (κ3) is 5.26. The predicted molar refractivity (Wildman–Crippen MR) is 153 cm³/mol. The number of aromatic amines is 1. The first-order chi connectivity index (χ1) is 18.0. The third-order valence-electron chi connectivity index (χ3n) is 7.14. The zero-order chi connectivity index (χ0) is 27.6. The van der Waals surface area contributed by atoms with Gasteiger partial charge in [0.2, 0.25) is 5.05 Å². The SMILES string of the molecule is CO[C@H]1O[C@H](CO[Si](c2ccccc2)(c2ccccc2)C(C)(C)C)[C@@H](OC(=S)c2ncc[nH]2)C(=O)C1(C)C. The summed E-state index contributed by atoms with van der Waals surface area (Å²) in [5.74, 6) is 0.215. The summed E-state index contributed by atoms with van der Waals surface area (Å²) in [6, 6.07) is 20.6. The predicted octanol–water partition coefficient (Wildman–Crippen LogP) is 4.01. The Morgan fingerprint density at radius 1 is 1.08 bits per heavy atom. The van der Waals surface area contributed by atoms with Crippen molar-refractivity contribution in [1.82, 2.24) is 9.97 Å². The lowest BCUT2D eigenvalue weighted by molar-refractivity contribution is -0.251. The van der Waals surface area contributed by atoms with Crippen LogP contribution in [0.2, 0.25) is 5.04 Å². The topological polar surface area (TPSA) is 82.7 Å². The second-order valence-corrected chi connectivity index (χ2v) is 15.7. The molecule has 1 aliphatic rings. The molecule has 2 heterocycles. The molecule has 9 heteroatoms. The average molecular weight is 553 g/mol. The van der Waals surface area contributed by atoms with Gasteiger partial charge in [0, 0.05) is 19.5 Å². The number of hydrogen-bond donors (Lipinski definition) is 1. The molecule has 0 bridgehead atoms. The van der Waals surface area contributed by atoms with Crippen molar-refractivity contribution in [1.29, 1.82) is 0 Å². The molecule has 0 aliphatic carbocycles. The molecule has 1 aliphatic heterocycles. The van der Waals surface area contributed by atoms with Crippen molar-refractivity contribution in [3.05, 3.63) is 78.9 Å². The molecule has 3 aromatic rings. The lowest BCUT2D eigenvalue weighted by atomic mass is 9.80. The summed E-state index contributed by atoms with van der Waals surface area (Å²) in [7, 11) is -1.35. The Hall–Kier alpha value is -2.69. The van der Waals surface area contributed by atoms with Crippen LogP contribution in [0.1, 0.15) is 40.4 Å². The monoisotopic (exact) mass is 552 g/mol. The molecule has 0 amide bonds. The Bertz CT molecular complexity index is 1190. The van der Waals surface area contributed by atoms with Gasteiger partial charge in [-0.15, -0.1) is 0 Å². The Balaban J connectivity index is 1.74. The van der Waals surface area contributed by atoms with E-state index in [0.717, 1.165) is 10.4 Å². The van der Waals surface area contributed by atoms with Crippen LogP contribution in [0.25, 0.3) is 0 Å². The van der Waals surface area contributed by atoms with E-state index in [9.17, 15) is 4.79 Å². The van der Waals surface area contributed by atoms with Crippen molar-refractivity contribution in [3.63, 3.8) is 0 Å². The minimum Gasteiger partial charge on any atom is -0.466 e. The normalized spacial score (nSPS) is 21.7. The number of nitrogens with one attached hydrogen (secondary N) is 1. The Kier molecular flexibility index (Phi) is 8.34. The second-order valence-electron chi connectivity index (χ2n) is 11.1. The van der Waals surface area contributed by atoms with Crippen LogP contribution in [-0.2, 0) is 23.4 Å². The molecule has 7 nitrogen and oxygen atoms in total. The van der Waals surface area contributed by atoms with Gasteiger partial charge in [0.15, 0.2) is 24.0 Å². The molecule has 0 unspecified atom stereocenters. The summed E-state index contributed by atoms with van der Waals surface area (Å²) in [6.07, 6.45) is 0.721. The van der Waals surface area contributed by atoms with Gasteiger partial charge < -0.3 is 23.6 Å². The maximum atomic E-state index is 13.8. The highest BCUT2D eigenvalue weighted by molar-refractivity contribution is 7.80. The first kappa shape index (κ1) is 28.3. The van der Waals surface area contributed by atoms with E-state index in [0.29, 0.717) is 5.82 Å². The fourth-order valence-corrected chi connectivity index (χ4v) is 9.96. The van der Waals surface area contributed by atoms with E-state index in [1.165, 1.54) is 7.11 Å². The number of methoxy groups -OCH3 is 1. The Labute approximate surface area is 231 Å². The maximum absolute atomic E-state index is 13.8. The molecular weight excluding hydrogens is 516 g/mol. The number of nitrogens with zero attached hydrogens (tertiary/aromatic N) is 1. The van der Waals surface area contributed by atoms with Crippen LogP contribution in [0.15, 0.2) is 73.1 Å². The number of ether oxygens (including phenoxy) is 3. The van der Waals surface area contributed by atoms with Gasteiger partial charge in [0.25, 0.3) is 8.32 Å². The first-order valence-corrected chi connectivity index (χ1v) is 15.0. The molecule has 1 aromatic heterocycles. The smallest absolute Gasteiger partial charge is 0.261 e. The quantitative estimate of drug-likeness (QED) is 0.334. The van der Waals surface area contributed by atoms with Crippen molar-refractivity contribution < 1.29 is 23.4 Å². The summed E-state index contributed by atoms with van der Waals surface area (Å²) in [4.78, 5) is 20.9. The minimum atomic E-state index is -2.88. The fourth-order valence-electron chi connectivity index (χ4n) is 5.17. The standard InChI is InChI=1S/C29H36N2O5SSi/c1-28(2,3)38(20-13-9-7-10-14-20,21-15-11-8-12-16-21)34-19-22-23(36-26(37)25-30-17-18-31-25)24(32)29(4,5)27(33-6)35-22/h7-18,22-23,27H,19H2,1-6H3,(H,30,31)/t22-,23-,27+/m1/s1. The van der Waals surface area contributed by atoms with Crippen LogP contribution >= 0.6 is 12.2 Å². The molecule has 3 atom stereocenters. The molecule has 0 spiro atoms. The van der Waals surface area contributed by atoms with E-state index in [1.807, 2.05) is 36.4 Å². The molecule has 0 saturated carbocycles. The molecule has 1 N–H and O–H groups in total. The van der Waals surface area contributed by atoms with Crippen LogP contribution in [-0.4, -0.2) is 61.3 Å². The van der Waals surface area contributed by atoms with Gasteiger partial charge >= 0.3 is 0 Å². The van der Waals surface area contributed by atoms with E-state index < -0.39 is 32.2 Å². The number of ketones is 1. The van der Waals surface area contributed by atoms with Crippen molar-refractivity contribution in [2.45, 2.75) is 58.2 Å². The molecular formula is C29H36N2O5SSi. The molecule has 2 aromatic carbocycles. The van der Waals surface area contributed by atoms with Crippen molar-refractivity contribution in [2.75, 3.05) is 13.7 Å². The Morgan fingerprint density at radius 3 is 2.13 bits per heavy atom. The van der Waals surface area contributed by atoms with Crippen LogP contribution in [0.5, 0.6) is 0 Å². The summed E-state index contributed by atoms with van der Waals surface area (Å²) >= 11 is 5.48. The third-order valence-corrected chi connectivity index (χ3v) is 12.4. The number of thiocarbonyl (C=S) groups is 1. The molecule has 38 heavy (non-hydrogen) atoms. The number of benzene rings is 2. The van der Waals surface area contributed by atoms with Crippen LogP contribution < -0.4 is 10.4 Å². The highest BCUT2D eigenvalue weighted by atomic mass is 32.1. The maximum Gasteiger partial charge on any atom is 0.261 e. The van der Waals surface area contributed by atoms with E-state index in [1.54, 1.807) is 26.2 Å². The van der Waals surface area contributed by atoms with Gasteiger partial charge in [0.1, 0.15) is 6.10 Å². The number of carbonyl (C=O) groups is 1. The van der Waals surface area contributed by atoms with Crippen molar-refractivity contribution >= 4 is 41.7 Å². The van der Waals surface area contributed by atoms with E-state index >= 15 is 0 Å². The number of H-pyrrole nitrogens is 1. The number of Topliss-reactive ketones (excluding diaryl/α,β-unsaturated/α-hetero) is 1. The zero-order valence-electron chi connectivity index (χ0n) is 22.8. The van der Waals surface area contributed by atoms with Crippen molar-refractivity contribution in [2.24, 2.45) is 5.41 Å². The fraction of sp³-hybridized carbons (Fsp3) is 0.414. The molecule has 4 rings (SSSR count). The summed E-state index contributed by atoms with van der Waals surface area (Å²) in [6.45, 7) is 10.3. The van der Waals surface area contributed by atoms with E-state index in [-0.39, 0.29) is 22.5 Å². The Morgan fingerprint density at radius 2 is 1.66 bits per heavy atom. The molecule has 0 radical (unpaired) electrons. The van der Waals surface area contributed by atoms with Gasteiger partial charge in [-0.1, -0.05) is 81.4 Å². The van der Waals surface area contributed by atoms with Gasteiger partial charge in [-0.2, -0.15) is 0 Å². The number of imidazole rings is 1. The largest absolute Gasteiger partial charge is 0.466 e. The zero-order valence-corrected chi connectivity index (χ0v) is 24.6. The van der Waals surface area contributed by atoms with Crippen LogP contribution in [0.4, 0.5) is 0 Å². The number of carbonyl (C=O) groups excluding carboxylic acids is 1. The van der Waals surface area contributed by atoms with Gasteiger partial charge in [-0.25, -0.2) is 4.98 Å². The lowest BCUT2D eigenvalue weighted by Gasteiger charge is -2.47. The molecule has 1 fully saturated rings. The highest BCUT2D eigenvalue weighted by Crippen LogP contribution is 2.39. The van der Waals surface area contributed by atoms with Crippen LogP contribution in [0, 0.1) is 5.41 Å². The number of rotatable bonds is 8.